The first kappa shape index (κ1) is 25.5. The molecule has 202 valence electrons. The lowest BCUT2D eigenvalue weighted by Crippen LogP contribution is -2.35. The third-order valence-electron chi connectivity index (χ3n) is 8.32. The number of para-hydroxylation sites is 1. The molecule has 2 aromatic heterocycles. The zero-order valence-electron chi connectivity index (χ0n) is 22.9. The van der Waals surface area contributed by atoms with E-state index in [2.05, 4.69) is 46.2 Å². The van der Waals surface area contributed by atoms with Crippen molar-refractivity contribution in [2.24, 2.45) is 5.92 Å². The smallest absolute Gasteiger partial charge is 0.222 e. The van der Waals surface area contributed by atoms with Crippen LogP contribution >= 0.6 is 0 Å². The van der Waals surface area contributed by atoms with E-state index in [1.165, 1.54) is 31.2 Å². The largest absolute Gasteiger partial charge is 0.354 e. The summed E-state index contributed by atoms with van der Waals surface area (Å²) in [7, 11) is 0. The van der Waals surface area contributed by atoms with Crippen LogP contribution in [0.2, 0.25) is 0 Å². The van der Waals surface area contributed by atoms with Crippen LogP contribution in [0.1, 0.15) is 62.0 Å². The number of aromatic nitrogens is 4. The Labute approximate surface area is 230 Å². The van der Waals surface area contributed by atoms with Crippen molar-refractivity contribution in [3.63, 3.8) is 0 Å². The minimum absolute atomic E-state index is 0.314. The van der Waals surface area contributed by atoms with Crippen molar-refractivity contribution in [3.8, 4) is 5.69 Å². The number of nitrogens with zero attached hydrogens (tertiary/aromatic N) is 6. The zero-order chi connectivity index (χ0) is 26.6. The van der Waals surface area contributed by atoms with Gasteiger partial charge in [0.1, 0.15) is 11.6 Å². The summed E-state index contributed by atoms with van der Waals surface area (Å²) >= 11 is 0. The summed E-state index contributed by atoms with van der Waals surface area (Å²) in [6, 6.07) is 20.6. The van der Waals surface area contributed by atoms with E-state index in [1.807, 2.05) is 35.9 Å². The molecule has 7 nitrogen and oxygen atoms in total. The zero-order valence-corrected chi connectivity index (χ0v) is 22.9. The van der Waals surface area contributed by atoms with E-state index in [4.69, 9.17) is 15.1 Å². The summed E-state index contributed by atoms with van der Waals surface area (Å²) in [6.07, 6.45) is 8.58. The van der Waals surface area contributed by atoms with Crippen molar-refractivity contribution in [2.75, 3.05) is 31.1 Å². The number of carbonyl (C=O) groups is 1. The van der Waals surface area contributed by atoms with Gasteiger partial charge < -0.3 is 9.80 Å². The van der Waals surface area contributed by atoms with Gasteiger partial charge in [0.25, 0.3) is 0 Å². The number of rotatable bonds is 7. The third-order valence-corrected chi connectivity index (χ3v) is 8.32. The highest BCUT2D eigenvalue weighted by molar-refractivity contribution is 5.91. The van der Waals surface area contributed by atoms with E-state index in [-0.39, 0.29) is 0 Å². The van der Waals surface area contributed by atoms with Crippen LogP contribution in [0.3, 0.4) is 0 Å². The van der Waals surface area contributed by atoms with Crippen molar-refractivity contribution in [3.05, 3.63) is 77.7 Å². The van der Waals surface area contributed by atoms with Crippen LogP contribution in [0.5, 0.6) is 0 Å². The Balaban J connectivity index is 1.30. The first-order chi connectivity index (χ1) is 19.2. The monoisotopic (exact) mass is 522 g/mol. The lowest BCUT2D eigenvalue weighted by Gasteiger charge is -2.24. The first-order valence-electron chi connectivity index (χ1n) is 14.5. The molecule has 0 bridgehead atoms. The minimum Gasteiger partial charge on any atom is -0.354 e. The van der Waals surface area contributed by atoms with Gasteiger partial charge in [0.05, 0.1) is 16.8 Å². The van der Waals surface area contributed by atoms with Gasteiger partial charge in [-0.3, -0.25) is 4.79 Å². The molecule has 39 heavy (non-hydrogen) atoms. The van der Waals surface area contributed by atoms with Gasteiger partial charge in [-0.25, -0.2) is 14.6 Å². The molecule has 0 atom stereocenters. The van der Waals surface area contributed by atoms with Gasteiger partial charge in [-0.05, 0) is 43.4 Å². The van der Waals surface area contributed by atoms with Gasteiger partial charge in [-0.2, -0.15) is 5.10 Å². The molecule has 6 rings (SSSR count). The van der Waals surface area contributed by atoms with Crippen molar-refractivity contribution in [2.45, 2.75) is 58.3 Å². The van der Waals surface area contributed by atoms with Crippen molar-refractivity contribution in [1.82, 2.24) is 24.6 Å². The number of hydrogen-bond acceptors (Lipinski definition) is 5. The maximum atomic E-state index is 13.1. The average molecular weight is 523 g/mol. The summed E-state index contributed by atoms with van der Waals surface area (Å²) in [5.41, 5.74) is 3.92. The fourth-order valence-electron chi connectivity index (χ4n) is 6.20. The molecule has 0 N–H and O–H groups in total. The SMILES string of the molecule is Cc1nn(-c2ccccc2)c2nc(Cc3ccccc3)nc(N3CCCN(C(=O)CCC4CCCC4)CC3)c12. The molecule has 3 heterocycles. The average Bonchev–Trinajstić information content (AvgIpc) is 3.53. The second kappa shape index (κ2) is 11.6. The van der Waals surface area contributed by atoms with Gasteiger partial charge >= 0.3 is 0 Å². The highest BCUT2D eigenvalue weighted by Gasteiger charge is 2.26. The molecule has 0 unspecified atom stereocenters. The Morgan fingerprint density at radius 3 is 2.38 bits per heavy atom. The Kier molecular flexibility index (Phi) is 7.57. The highest BCUT2D eigenvalue weighted by Crippen LogP contribution is 2.31. The maximum Gasteiger partial charge on any atom is 0.222 e. The first-order valence-corrected chi connectivity index (χ1v) is 14.5. The molecule has 2 fully saturated rings. The molecular weight excluding hydrogens is 484 g/mol. The second-order valence-corrected chi connectivity index (χ2v) is 11.1. The van der Waals surface area contributed by atoms with E-state index in [0.29, 0.717) is 18.7 Å². The summed E-state index contributed by atoms with van der Waals surface area (Å²) in [6.45, 7) is 5.21. The van der Waals surface area contributed by atoms with E-state index in [0.717, 1.165) is 79.0 Å². The van der Waals surface area contributed by atoms with Crippen LogP contribution < -0.4 is 4.90 Å². The van der Waals surface area contributed by atoms with Gasteiger partial charge in [-0.1, -0.05) is 74.2 Å². The van der Waals surface area contributed by atoms with Gasteiger partial charge in [0.15, 0.2) is 5.65 Å². The Bertz CT molecular complexity index is 1410. The van der Waals surface area contributed by atoms with E-state index >= 15 is 0 Å². The molecular formula is C32H38N6O. The van der Waals surface area contributed by atoms with Crippen LogP contribution in [0.15, 0.2) is 60.7 Å². The summed E-state index contributed by atoms with van der Waals surface area (Å²) < 4.78 is 1.95. The van der Waals surface area contributed by atoms with Crippen LogP contribution in [0, 0.1) is 12.8 Å². The topological polar surface area (TPSA) is 67.2 Å². The van der Waals surface area contributed by atoms with Gasteiger partial charge in [0, 0.05) is 39.0 Å². The molecule has 2 aliphatic rings. The van der Waals surface area contributed by atoms with E-state index in [9.17, 15) is 4.79 Å². The number of benzene rings is 2. The molecule has 4 aromatic rings. The summed E-state index contributed by atoms with van der Waals surface area (Å²) in [4.78, 5) is 27.7. The van der Waals surface area contributed by atoms with E-state index < -0.39 is 0 Å². The Hall–Kier alpha value is -3.74. The fourth-order valence-corrected chi connectivity index (χ4v) is 6.20. The number of carbonyl (C=O) groups excluding carboxylic acids is 1. The van der Waals surface area contributed by atoms with Crippen LogP contribution in [-0.4, -0.2) is 56.7 Å². The predicted octanol–water partition coefficient (Wildman–Crippen LogP) is 5.72. The van der Waals surface area contributed by atoms with Crippen LogP contribution in [-0.2, 0) is 11.2 Å². The standard InChI is InChI=1S/C32H38N6O/c1-24-30-31(37-20-10-19-36(21-22-37)29(39)18-17-25-11-8-9-12-25)33-28(23-26-13-4-2-5-14-26)34-32(30)38(35-24)27-15-6-3-7-16-27/h2-7,13-16,25H,8-12,17-23H2,1H3. The molecule has 1 aliphatic heterocycles. The van der Waals surface area contributed by atoms with Gasteiger partial charge in [0.2, 0.25) is 5.91 Å². The Morgan fingerprint density at radius 1 is 0.872 bits per heavy atom. The molecule has 2 aromatic carbocycles. The van der Waals surface area contributed by atoms with Crippen LogP contribution in [0.25, 0.3) is 16.7 Å². The van der Waals surface area contributed by atoms with Crippen molar-refractivity contribution < 1.29 is 4.79 Å². The molecule has 0 radical (unpaired) electrons. The summed E-state index contributed by atoms with van der Waals surface area (Å²) in [5, 5.41) is 5.91. The molecule has 7 heteroatoms. The minimum atomic E-state index is 0.314. The van der Waals surface area contributed by atoms with Crippen molar-refractivity contribution >= 4 is 22.8 Å². The molecule has 1 amide bonds. The fraction of sp³-hybridized carbons (Fsp3) is 0.438. The maximum absolute atomic E-state index is 13.1. The van der Waals surface area contributed by atoms with E-state index in [1.54, 1.807) is 0 Å². The third kappa shape index (κ3) is 5.68. The Morgan fingerprint density at radius 2 is 1.62 bits per heavy atom. The van der Waals surface area contributed by atoms with Crippen molar-refractivity contribution in [1.29, 1.82) is 0 Å². The summed E-state index contributed by atoms with van der Waals surface area (Å²) in [5.74, 6) is 2.79. The van der Waals surface area contributed by atoms with Gasteiger partial charge in [-0.15, -0.1) is 0 Å². The molecule has 1 saturated heterocycles. The molecule has 1 aliphatic carbocycles. The second-order valence-electron chi connectivity index (χ2n) is 11.1. The quantitative estimate of drug-likeness (QED) is 0.310. The highest BCUT2D eigenvalue weighted by atomic mass is 16.2. The predicted molar refractivity (Wildman–Crippen MR) is 155 cm³/mol. The normalized spacial score (nSPS) is 16.6. The number of hydrogen-bond donors (Lipinski definition) is 0. The number of fused-ring (bicyclic) bond motifs is 1. The molecule has 0 spiro atoms. The lowest BCUT2D eigenvalue weighted by molar-refractivity contribution is -0.131. The van der Waals surface area contributed by atoms with Crippen LogP contribution in [0.4, 0.5) is 5.82 Å². The number of aryl methyl sites for hydroxylation is 1. The molecule has 1 saturated carbocycles. The lowest BCUT2D eigenvalue weighted by atomic mass is 10.0. The number of amides is 1. The number of anilines is 1.